The van der Waals surface area contributed by atoms with Gasteiger partial charge in [-0.25, -0.2) is 4.57 Å². The van der Waals surface area contributed by atoms with Crippen molar-refractivity contribution in [2.75, 3.05) is 11.5 Å². The molecule has 0 amide bonds. The fraction of sp³-hybridized carbons (Fsp3) is 0.133. The molecule has 4 N–H and O–H groups in total. The number of carbonyl (C=O) groups excluding carboxylic acids is 2. The van der Waals surface area contributed by atoms with E-state index in [4.69, 9.17) is 20.5 Å². The van der Waals surface area contributed by atoms with Crippen LogP contribution in [0.1, 0.15) is 44.7 Å². The Morgan fingerprint density at radius 3 is 1.38 bits per heavy atom. The molecule has 0 unspecified atom stereocenters. The van der Waals surface area contributed by atoms with Crippen LogP contribution >= 0.6 is 7.82 Å². The largest absolute Gasteiger partial charge is 1.00 e. The number of rotatable bonds is 12. The maximum Gasteiger partial charge on any atom is 1.00 e. The number of hydrogen-bond acceptors (Lipinski definition) is 8. The van der Waals surface area contributed by atoms with Crippen molar-refractivity contribution in [2.45, 2.75) is 25.7 Å². The topological polar surface area (TPSA) is 145 Å². The zero-order chi connectivity index (χ0) is 27.8. The zero-order valence-corrected chi connectivity index (χ0v) is 25.0. The third-order valence-electron chi connectivity index (χ3n) is 5.98. The van der Waals surface area contributed by atoms with Gasteiger partial charge in [0.2, 0.25) is 0 Å². The van der Waals surface area contributed by atoms with Crippen molar-refractivity contribution in [3.05, 3.63) is 119 Å². The monoisotopic (exact) mass is 566 g/mol. The second-order valence-corrected chi connectivity index (χ2v) is 10.3. The number of Topliss-reactive ketones (excluding diaryl/α,β-unsaturated/α-hetero) is 2. The van der Waals surface area contributed by atoms with Crippen LogP contribution in [0.2, 0.25) is 0 Å². The van der Waals surface area contributed by atoms with Crippen LogP contribution in [0.3, 0.4) is 0 Å². The van der Waals surface area contributed by atoms with Gasteiger partial charge >= 0.3 is 37.4 Å². The van der Waals surface area contributed by atoms with Crippen molar-refractivity contribution < 1.29 is 57.7 Å². The van der Waals surface area contributed by atoms with Crippen molar-refractivity contribution in [1.82, 2.24) is 0 Å². The van der Waals surface area contributed by atoms with Crippen molar-refractivity contribution >= 4 is 30.8 Å². The molecule has 4 rings (SSSR count). The average molecular weight is 567 g/mol. The molecule has 0 radical (unpaired) electrons. The Balaban J connectivity index is 0.00000441. The van der Waals surface area contributed by atoms with Gasteiger partial charge in [-0.3, -0.25) is 9.59 Å². The molecule has 0 aliphatic carbocycles. The normalized spacial score (nSPS) is 10.8. The van der Waals surface area contributed by atoms with Crippen LogP contribution in [0.15, 0.2) is 97.1 Å². The van der Waals surface area contributed by atoms with Crippen molar-refractivity contribution in [2.24, 2.45) is 0 Å². The number of phosphoric ester groups is 1. The van der Waals surface area contributed by atoms with E-state index in [0.29, 0.717) is 35.3 Å². The summed E-state index contributed by atoms with van der Waals surface area (Å²) >= 11 is 0. The summed E-state index contributed by atoms with van der Waals surface area (Å²) in [4.78, 5) is 37.1. The molecular weight excluding hydrogens is 538 g/mol. The number of aryl methyl sites for hydroxylation is 2. The molecule has 0 aliphatic heterocycles. The van der Waals surface area contributed by atoms with E-state index in [1.54, 1.807) is 72.8 Å². The molecule has 0 heterocycles. The van der Waals surface area contributed by atoms with E-state index >= 15 is 0 Å². The Morgan fingerprint density at radius 1 is 0.650 bits per heavy atom. The number of phosphoric acid groups is 1. The molecule has 8 nitrogen and oxygen atoms in total. The summed E-state index contributed by atoms with van der Waals surface area (Å²) in [6, 6.07) is 26.5. The maximum absolute atomic E-state index is 12.4. The Kier molecular flexibility index (Phi) is 11.1. The minimum atomic E-state index is -4.70. The summed E-state index contributed by atoms with van der Waals surface area (Å²) < 4.78 is 22.6. The first-order valence-corrected chi connectivity index (χ1v) is 13.8. The number of ketones is 2. The van der Waals surface area contributed by atoms with E-state index < -0.39 is 7.82 Å². The van der Waals surface area contributed by atoms with Crippen LogP contribution in [0.5, 0.6) is 11.5 Å². The molecule has 40 heavy (non-hydrogen) atoms. The number of carbonyl (C=O) groups is 2. The SMILES string of the molecule is Nc1cccc(C(=O)CCc2ccc(OP(=O)([O-])Oc3ccc(CCC(=O)c4cccc(N)c4)cc3)cc2)c1.[Na+]. The number of benzene rings is 4. The third-order valence-corrected chi connectivity index (χ3v) is 6.85. The van der Waals surface area contributed by atoms with Crippen LogP contribution in [0.4, 0.5) is 11.4 Å². The molecule has 0 fully saturated rings. The van der Waals surface area contributed by atoms with E-state index in [-0.39, 0.29) is 65.5 Å². The van der Waals surface area contributed by atoms with E-state index in [9.17, 15) is 19.0 Å². The van der Waals surface area contributed by atoms with Gasteiger partial charge in [-0.1, -0.05) is 48.5 Å². The Morgan fingerprint density at radius 2 is 1.02 bits per heavy atom. The number of hydrogen-bond donors (Lipinski definition) is 2. The first-order valence-electron chi connectivity index (χ1n) is 12.3. The second-order valence-electron chi connectivity index (χ2n) is 9.01. The second kappa shape index (κ2) is 14.3. The summed E-state index contributed by atoms with van der Waals surface area (Å²) in [7, 11) is -4.70. The van der Waals surface area contributed by atoms with Gasteiger partial charge in [-0.2, -0.15) is 0 Å². The van der Waals surface area contributed by atoms with Gasteiger partial charge in [0.05, 0.1) is 0 Å². The van der Waals surface area contributed by atoms with Gasteiger partial charge in [0.25, 0.3) is 0 Å². The van der Waals surface area contributed by atoms with Crippen LogP contribution in [-0.4, -0.2) is 11.6 Å². The molecule has 0 atom stereocenters. The van der Waals surface area contributed by atoms with Crippen molar-refractivity contribution in [3.8, 4) is 11.5 Å². The molecule has 0 aromatic heterocycles. The average Bonchev–Trinajstić information content (AvgIpc) is 2.91. The predicted octanol–water partition coefficient (Wildman–Crippen LogP) is 2.41. The maximum atomic E-state index is 12.4. The van der Waals surface area contributed by atoms with E-state index in [2.05, 4.69) is 0 Å². The van der Waals surface area contributed by atoms with Gasteiger partial charge in [0, 0.05) is 35.3 Å². The summed E-state index contributed by atoms with van der Waals surface area (Å²) in [5.74, 6) is 0.130. The minimum absolute atomic E-state index is 0. The van der Waals surface area contributed by atoms with Crippen molar-refractivity contribution in [1.29, 1.82) is 0 Å². The molecule has 0 aliphatic rings. The molecule has 4 aromatic rings. The summed E-state index contributed by atoms with van der Waals surface area (Å²) in [5.41, 5.74) is 15.3. The minimum Gasteiger partial charge on any atom is -0.736 e. The van der Waals surface area contributed by atoms with Gasteiger partial charge in [-0.05, 0) is 72.5 Å². The van der Waals surface area contributed by atoms with Crippen LogP contribution in [0.25, 0.3) is 0 Å². The molecule has 200 valence electrons. The van der Waals surface area contributed by atoms with Gasteiger partial charge in [0.15, 0.2) is 11.6 Å². The number of anilines is 2. The van der Waals surface area contributed by atoms with E-state index in [0.717, 1.165) is 11.1 Å². The number of nitrogens with two attached hydrogens (primary N) is 2. The molecular formula is C30H28N2NaO6P. The Bertz CT molecular complexity index is 1400. The summed E-state index contributed by atoms with van der Waals surface area (Å²) in [5, 5.41) is 0. The summed E-state index contributed by atoms with van der Waals surface area (Å²) in [6.07, 6.45) is 1.54. The molecule has 0 saturated heterocycles. The molecule has 0 bridgehead atoms. The van der Waals surface area contributed by atoms with Gasteiger partial charge in [-0.15, -0.1) is 0 Å². The van der Waals surface area contributed by atoms with Gasteiger partial charge in [0.1, 0.15) is 11.5 Å². The number of nitrogen functional groups attached to an aromatic ring is 2. The quantitative estimate of drug-likeness (QED) is 0.115. The first-order chi connectivity index (χ1) is 18.7. The molecule has 0 spiro atoms. The van der Waals surface area contributed by atoms with Crippen LogP contribution in [-0.2, 0) is 17.4 Å². The standard InChI is InChI=1S/C30H29N2O6P.Na/c31-25-5-1-3-23(19-25)29(33)17-11-21-7-13-27(14-8-21)37-39(35,36)38-28-15-9-22(10-16-28)12-18-30(34)24-4-2-6-26(32)20-24;/h1-10,13-16,19-20H,11-12,17-18,31-32H2,(H,35,36);/q;+1/p-1. The van der Waals surface area contributed by atoms with Gasteiger partial charge < -0.3 is 25.4 Å². The van der Waals surface area contributed by atoms with Crippen LogP contribution < -0.4 is 55.0 Å². The fourth-order valence-electron chi connectivity index (χ4n) is 3.94. The van der Waals surface area contributed by atoms with E-state index in [1.807, 2.05) is 0 Å². The van der Waals surface area contributed by atoms with E-state index in [1.165, 1.54) is 24.3 Å². The van der Waals surface area contributed by atoms with Crippen molar-refractivity contribution in [3.63, 3.8) is 0 Å². The van der Waals surface area contributed by atoms with Crippen LogP contribution in [0, 0.1) is 0 Å². The predicted molar refractivity (Wildman–Crippen MR) is 149 cm³/mol. The molecule has 4 aromatic carbocycles. The fourth-order valence-corrected chi connectivity index (χ4v) is 4.74. The molecule has 10 heteroatoms. The zero-order valence-electron chi connectivity index (χ0n) is 22.1. The third kappa shape index (κ3) is 9.37. The summed E-state index contributed by atoms with van der Waals surface area (Å²) in [6.45, 7) is 0. The first kappa shape index (κ1) is 31.1. The smallest absolute Gasteiger partial charge is 0.736 e. The Labute approximate surface area is 255 Å². The molecule has 0 saturated carbocycles. The Hall–Kier alpha value is -3.39.